The zero-order valence-corrected chi connectivity index (χ0v) is 22.4. The first-order chi connectivity index (χ1) is 16.9. The van der Waals surface area contributed by atoms with Gasteiger partial charge in [-0.25, -0.2) is 0 Å². The van der Waals surface area contributed by atoms with E-state index < -0.39 is 0 Å². The molecule has 9 nitrogen and oxygen atoms in total. The summed E-state index contributed by atoms with van der Waals surface area (Å²) in [6.07, 6.45) is 0.925. The monoisotopic (exact) mass is 562 g/mol. The Kier molecular flexibility index (Phi) is 9.44. The maximum Gasteiger partial charge on any atom is 0.253 e. The number of carbonyl (C=O) groups excluding carboxylic acids is 2. The first-order valence-electron chi connectivity index (χ1n) is 10.9. The molecule has 0 aliphatic rings. The van der Waals surface area contributed by atoms with Crippen LogP contribution >= 0.6 is 27.3 Å². The lowest BCUT2D eigenvalue weighted by atomic mass is 10.2. The molecule has 0 spiro atoms. The predicted octanol–water partition coefficient (Wildman–Crippen LogP) is 4.87. The number of amides is 2. The average molecular weight is 563 g/mol. The molecule has 2 amide bonds. The van der Waals surface area contributed by atoms with Crippen molar-refractivity contribution in [2.45, 2.75) is 19.8 Å². The Balaban J connectivity index is 1.66. The minimum Gasteiger partial charge on any atom is -0.493 e. The Morgan fingerprint density at radius 3 is 2.34 bits per heavy atom. The lowest BCUT2D eigenvalue weighted by Crippen LogP contribution is -2.34. The van der Waals surface area contributed by atoms with E-state index in [0.29, 0.717) is 51.6 Å². The lowest BCUT2D eigenvalue weighted by Gasteiger charge is -2.22. The number of carbonyl (C=O) groups is 2. The minimum atomic E-state index is -0.249. The number of nitrogens with one attached hydrogen (secondary N) is 1. The highest BCUT2D eigenvalue weighted by Crippen LogP contribution is 2.42. The van der Waals surface area contributed by atoms with Crippen molar-refractivity contribution in [2.24, 2.45) is 0 Å². The van der Waals surface area contributed by atoms with Crippen molar-refractivity contribution in [3.8, 4) is 27.8 Å². The third kappa shape index (κ3) is 6.70. The summed E-state index contributed by atoms with van der Waals surface area (Å²) in [5.74, 6) is 1.11. The highest BCUT2D eigenvalue weighted by Gasteiger charge is 2.19. The summed E-state index contributed by atoms with van der Waals surface area (Å²) in [4.78, 5) is 27.2. The number of hydrogen-bond acceptors (Lipinski definition) is 8. The molecule has 11 heteroatoms. The maximum atomic E-state index is 12.9. The zero-order valence-electron chi connectivity index (χ0n) is 20.0. The normalized spacial score (nSPS) is 10.5. The van der Waals surface area contributed by atoms with Crippen molar-refractivity contribution in [3.05, 3.63) is 46.4 Å². The molecule has 3 rings (SSSR count). The molecule has 0 unspecified atom stereocenters. The molecule has 35 heavy (non-hydrogen) atoms. The maximum absolute atomic E-state index is 12.9. The fraction of sp³-hybridized carbons (Fsp3) is 0.333. The van der Waals surface area contributed by atoms with Crippen LogP contribution in [-0.2, 0) is 4.79 Å². The molecule has 0 bridgehead atoms. The summed E-state index contributed by atoms with van der Waals surface area (Å²) < 4.78 is 17.0. The number of halogens is 1. The van der Waals surface area contributed by atoms with Crippen LogP contribution in [0.25, 0.3) is 10.6 Å². The van der Waals surface area contributed by atoms with E-state index in [0.717, 1.165) is 10.9 Å². The number of aromatic nitrogens is 2. The molecule has 1 N–H and O–H groups in total. The molecule has 1 heterocycles. The summed E-state index contributed by atoms with van der Waals surface area (Å²) in [6.45, 7) is 2.85. The summed E-state index contributed by atoms with van der Waals surface area (Å²) >= 11 is 4.62. The molecular weight excluding hydrogens is 536 g/mol. The van der Waals surface area contributed by atoms with Gasteiger partial charge in [0.15, 0.2) is 11.5 Å². The standard InChI is InChI=1S/C24H27BrN4O5S/c1-5-10-29(23(31)15-7-6-8-17(25)12-15)11-9-20(30)26-24-28-27-22(35-24)16-13-18(32-2)21(34-4)19(14-16)33-3/h6-8,12-14H,5,9-11H2,1-4H3,(H,26,28,30). The average Bonchev–Trinajstić information content (AvgIpc) is 3.33. The quantitative estimate of drug-likeness (QED) is 0.355. The summed E-state index contributed by atoms with van der Waals surface area (Å²) in [7, 11) is 4.61. The Bertz CT molecular complexity index is 1160. The smallest absolute Gasteiger partial charge is 0.253 e. The molecule has 1 aromatic heterocycles. The van der Waals surface area contributed by atoms with Crippen molar-refractivity contribution in [1.82, 2.24) is 15.1 Å². The SMILES string of the molecule is CCCN(CCC(=O)Nc1nnc(-c2cc(OC)c(OC)c(OC)c2)s1)C(=O)c1cccc(Br)c1. The molecule has 0 saturated carbocycles. The van der Waals surface area contributed by atoms with Crippen LogP contribution in [0.15, 0.2) is 40.9 Å². The van der Waals surface area contributed by atoms with Crippen LogP contribution in [0.2, 0.25) is 0 Å². The molecule has 0 saturated heterocycles. The molecule has 0 radical (unpaired) electrons. The predicted molar refractivity (Wildman–Crippen MR) is 139 cm³/mol. The van der Waals surface area contributed by atoms with E-state index >= 15 is 0 Å². The Labute approximate surface area is 216 Å². The molecule has 2 aromatic carbocycles. The molecule has 3 aromatic rings. The fourth-order valence-electron chi connectivity index (χ4n) is 3.40. The number of hydrogen-bond donors (Lipinski definition) is 1. The van der Waals surface area contributed by atoms with Gasteiger partial charge >= 0.3 is 0 Å². The van der Waals surface area contributed by atoms with Crippen molar-refractivity contribution < 1.29 is 23.8 Å². The highest BCUT2D eigenvalue weighted by molar-refractivity contribution is 9.10. The van der Waals surface area contributed by atoms with Crippen molar-refractivity contribution >= 4 is 44.2 Å². The van der Waals surface area contributed by atoms with Crippen molar-refractivity contribution in [1.29, 1.82) is 0 Å². The Hall–Kier alpha value is -3.18. The van der Waals surface area contributed by atoms with Crippen LogP contribution in [0.4, 0.5) is 5.13 Å². The van der Waals surface area contributed by atoms with Crippen LogP contribution in [0.5, 0.6) is 17.2 Å². The van der Waals surface area contributed by atoms with Gasteiger partial charge in [-0.3, -0.25) is 9.59 Å². The summed E-state index contributed by atoms with van der Waals surface area (Å²) in [6, 6.07) is 10.8. The topological polar surface area (TPSA) is 103 Å². The van der Waals surface area contributed by atoms with Crippen LogP contribution < -0.4 is 19.5 Å². The lowest BCUT2D eigenvalue weighted by molar-refractivity contribution is -0.116. The summed E-state index contributed by atoms with van der Waals surface area (Å²) in [5, 5.41) is 12.0. The molecule has 0 aliphatic heterocycles. The molecule has 186 valence electrons. The molecule has 0 atom stereocenters. The van der Waals surface area contributed by atoms with E-state index in [1.54, 1.807) is 29.2 Å². The van der Waals surface area contributed by atoms with Crippen molar-refractivity contribution in [3.63, 3.8) is 0 Å². The van der Waals surface area contributed by atoms with Gasteiger partial charge in [0.25, 0.3) is 5.91 Å². The van der Waals surface area contributed by atoms with E-state index in [9.17, 15) is 9.59 Å². The minimum absolute atomic E-state index is 0.110. The van der Waals surface area contributed by atoms with Crippen LogP contribution in [0.1, 0.15) is 30.1 Å². The van der Waals surface area contributed by atoms with Crippen LogP contribution in [-0.4, -0.2) is 61.3 Å². The van der Waals surface area contributed by atoms with E-state index in [-0.39, 0.29) is 18.2 Å². The first kappa shape index (κ1) is 26.4. The van der Waals surface area contributed by atoms with Gasteiger partial charge in [0.05, 0.1) is 21.3 Å². The van der Waals surface area contributed by atoms with Crippen LogP contribution in [0, 0.1) is 0 Å². The van der Waals surface area contributed by atoms with Gasteiger partial charge in [-0.05, 0) is 36.8 Å². The van der Waals surface area contributed by atoms with E-state index in [4.69, 9.17) is 14.2 Å². The number of nitrogens with zero attached hydrogens (tertiary/aromatic N) is 3. The number of benzene rings is 2. The molecule has 0 aliphatic carbocycles. The second kappa shape index (κ2) is 12.5. The van der Waals surface area contributed by atoms with E-state index in [1.165, 1.54) is 32.7 Å². The fourth-order valence-corrected chi connectivity index (χ4v) is 4.55. The third-order valence-electron chi connectivity index (χ3n) is 5.04. The number of anilines is 1. The van der Waals surface area contributed by atoms with E-state index in [2.05, 4.69) is 31.4 Å². The second-order valence-corrected chi connectivity index (χ2v) is 9.32. The van der Waals surface area contributed by atoms with Gasteiger partial charge in [0, 0.05) is 35.1 Å². The largest absolute Gasteiger partial charge is 0.493 e. The molecular formula is C24H27BrN4O5S. The van der Waals surface area contributed by atoms with Gasteiger partial charge in [0.2, 0.25) is 16.8 Å². The molecule has 0 fully saturated rings. The van der Waals surface area contributed by atoms with Gasteiger partial charge < -0.3 is 24.4 Å². The first-order valence-corrected chi connectivity index (χ1v) is 12.5. The number of rotatable bonds is 11. The van der Waals surface area contributed by atoms with Gasteiger partial charge in [-0.2, -0.15) is 0 Å². The van der Waals surface area contributed by atoms with Gasteiger partial charge in [-0.15, -0.1) is 10.2 Å². The zero-order chi connectivity index (χ0) is 25.4. The van der Waals surface area contributed by atoms with Gasteiger partial charge in [-0.1, -0.05) is 40.3 Å². The highest BCUT2D eigenvalue weighted by atomic mass is 79.9. The third-order valence-corrected chi connectivity index (χ3v) is 6.43. The number of ether oxygens (including phenoxy) is 3. The second-order valence-electron chi connectivity index (χ2n) is 7.43. The van der Waals surface area contributed by atoms with Gasteiger partial charge in [0.1, 0.15) is 5.01 Å². The summed E-state index contributed by atoms with van der Waals surface area (Å²) in [5.41, 5.74) is 1.29. The Morgan fingerprint density at radius 2 is 1.74 bits per heavy atom. The number of methoxy groups -OCH3 is 3. The van der Waals surface area contributed by atoms with Crippen LogP contribution in [0.3, 0.4) is 0 Å². The van der Waals surface area contributed by atoms with E-state index in [1.807, 2.05) is 19.1 Å². The Morgan fingerprint density at radius 1 is 1.03 bits per heavy atom. The van der Waals surface area contributed by atoms with Crippen molar-refractivity contribution in [2.75, 3.05) is 39.7 Å².